The Morgan fingerprint density at radius 3 is 1.51 bits per heavy atom. The van der Waals surface area contributed by atoms with Crippen LogP contribution in [0.2, 0.25) is 38.3 Å². The number of amides is 8. The van der Waals surface area contributed by atoms with Crippen LogP contribution in [0, 0.1) is 35.5 Å². The highest BCUT2D eigenvalue weighted by molar-refractivity contribution is 6.84. The van der Waals surface area contributed by atoms with E-state index in [1.165, 1.54) is 23.3 Å². The first-order valence-corrected chi connectivity index (χ1v) is 33.9. The molecule has 4 heterocycles. The lowest BCUT2D eigenvalue weighted by molar-refractivity contribution is -0.144. The summed E-state index contributed by atoms with van der Waals surface area (Å²) in [6, 6.07) is 17.2. The van der Waals surface area contributed by atoms with Gasteiger partial charge < -0.3 is 4.12 Å². The molecule has 0 bridgehead atoms. The fourth-order valence-corrected chi connectivity index (χ4v) is 24.5. The molecule has 15 heteroatoms. The van der Waals surface area contributed by atoms with Gasteiger partial charge in [-0.15, -0.1) is 0 Å². The molecule has 4 saturated heterocycles. The van der Waals surface area contributed by atoms with E-state index in [0.29, 0.717) is 31.2 Å². The Morgan fingerprint density at radius 2 is 0.958 bits per heavy atom. The van der Waals surface area contributed by atoms with Crippen LogP contribution in [0.3, 0.4) is 0 Å². The van der Waals surface area contributed by atoms with Crippen molar-refractivity contribution in [1.29, 1.82) is 0 Å². The van der Waals surface area contributed by atoms with Crippen LogP contribution in [-0.4, -0.2) is 109 Å². The van der Waals surface area contributed by atoms with E-state index >= 15 is 0 Å². The molecule has 2 aromatic carbocycles. The molecule has 4 aliphatic heterocycles. The topological polar surface area (TPSA) is 159 Å². The Hall–Kier alpha value is -4.61. The number of nitrogens with zero attached hydrogens (tertiary/aromatic N) is 4. The Bertz CT molecular complexity index is 2530. The van der Waals surface area contributed by atoms with E-state index < -0.39 is 52.1 Å². The third-order valence-electron chi connectivity index (χ3n) is 18.9. The largest absolute Gasteiger partial charge is 0.455 e. The number of unbranched alkanes of at least 4 members (excludes halogenated alkanes) is 1. The summed E-state index contributed by atoms with van der Waals surface area (Å²) >= 11 is 0. The number of benzene rings is 2. The maximum absolute atomic E-state index is 14.5. The zero-order valence-electron chi connectivity index (χ0n) is 43.4. The first kappa shape index (κ1) is 50.9. The van der Waals surface area contributed by atoms with Crippen molar-refractivity contribution in [2.75, 3.05) is 13.6 Å². The van der Waals surface area contributed by atoms with E-state index in [1.54, 1.807) is 9.80 Å². The summed E-state index contributed by atoms with van der Waals surface area (Å²) in [6.07, 6.45) is 11.9. The fraction of sp³-hybridized carbons (Fsp3) is 0.649. The number of likely N-dealkylation sites (tertiary alicyclic amines) is 4. The molecule has 8 aliphatic rings. The minimum absolute atomic E-state index is 0.122. The van der Waals surface area contributed by atoms with Crippen LogP contribution in [-0.2, 0) is 42.5 Å². The molecule has 2 aromatic rings. The lowest BCUT2D eigenvalue weighted by Gasteiger charge is -2.38. The summed E-state index contributed by atoms with van der Waals surface area (Å²) in [5.74, 6) is -4.15. The highest BCUT2D eigenvalue weighted by Gasteiger charge is 2.58. The minimum atomic E-state index is -1.99. The predicted molar refractivity (Wildman–Crippen MR) is 276 cm³/mol. The molecule has 8 atom stereocenters. The van der Waals surface area contributed by atoms with Gasteiger partial charge in [-0.2, -0.15) is 0 Å². The third-order valence-corrected chi connectivity index (χ3v) is 26.5. The molecule has 386 valence electrons. The average molecular weight is 1020 g/mol. The second-order valence-electron chi connectivity index (χ2n) is 24.4. The monoisotopic (exact) mass is 1020 g/mol. The van der Waals surface area contributed by atoms with Gasteiger partial charge in [-0.05, 0) is 161 Å². The van der Waals surface area contributed by atoms with E-state index in [-0.39, 0.29) is 84.0 Å². The molecule has 10 rings (SSSR count). The molecule has 2 saturated carbocycles. The molecular formula is C57H76N4O9Si2. The normalized spacial score (nSPS) is 33.0. The highest BCUT2D eigenvalue weighted by Crippen LogP contribution is 2.54. The quantitative estimate of drug-likeness (QED) is 0.125. The SMILES string of the molecule is CCCC[Si](C)(C)O[Si](C)(C)CCCN1C(=O)CC(C2CC3C(=O)N(C4CCC(CC5CCC(N6C(=O)CC(C7CC8C(=O)N(C)C(=O)C8c8ccccc87)C6=O)CC5)CC4)C(=O)C3c3ccccc32)C1=O. The number of likely N-dealkylation sites (N-methyl/N-ethyl adjacent to an activating group) is 1. The molecule has 8 amide bonds. The summed E-state index contributed by atoms with van der Waals surface area (Å²) in [7, 11) is -2.24. The van der Waals surface area contributed by atoms with E-state index in [2.05, 4.69) is 33.1 Å². The maximum atomic E-state index is 14.5. The number of carbonyl (C=O) groups is 8. The van der Waals surface area contributed by atoms with E-state index in [0.717, 1.165) is 105 Å². The number of hydrogen-bond acceptors (Lipinski definition) is 9. The van der Waals surface area contributed by atoms with Gasteiger partial charge in [0.05, 0.1) is 35.5 Å². The van der Waals surface area contributed by atoms with Crippen LogP contribution in [0.15, 0.2) is 48.5 Å². The summed E-state index contributed by atoms with van der Waals surface area (Å²) in [5.41, 5.74) is 3.48. The van der Waals surface area contributed by atoms with E-state index in [4.69, 9.17) is 4.12 Å². The summed E-state index contributed by atoms with van der Waals surface area (Å²) in [5, 5.41) is 0. The van der Waals surface area contributed by atoms with Gasteiger partial charge in [0.15, 0.2) is 16.6 Å². The fourth-order valence-electron chi connectivity index (χ4n) is 15.5. The summed E-state index contributed by atoms with van der Waals surface area (Å²) in [4.78, 5) is 117. The number of carbonyl (C=O) groups excluding carboxylic acids is 8. The molecule has 72 heavy (non-hydrogen) atoms. The number of rotatable bonds is 15. The van der Waals surface area contributed by atoms with Gasteiger partial charge >= 0.3 is 0 Å². The van der Waals surface area contributed by atoms with E-state index in [9.17, 15) is 38.4 Å². The molecule has 8 unspecified atom stereocenters. The molecule has 0 spiro atoms. The van der Waals surface area contributed by atoms with Gasteiger partial charge in [0, 0.05) is 38.5 Å². The summed E-state index contributed by atoms with van der Waals surface area (Å²) in [6.45, 7) is 11.7. The number of imide groups is 4. The number of hydrogen-bond donors (Lipinski definition) is 0. The van der Waals surface area contributed by atoms with Gasteiger partial charge in [-0.25, -0.2) is 0 Å². The van der Waals surface area contributed by atoms with Crippen LogP contribution in [0.4, 0.5) is 0 Å². The average Bonchev–Trinajstić information content (AvgIpc) is 3.99. The van der Waals surface area contributed by atoms with Crippen molar-refractivity contribution in [2.45, 2.75) is 184 Å². The number of fused-ring (bicyclic) bond motifs is 6. The lowest BCUT2D eigenvalue weighted by atomic mass is 9.67. The second kappa shape index (κ2) is 19.9. The minimum Gasteiger partial charge on any atom is -0.455 e. The van der Waals surface area contributed by atoms with Crippen molar-refractivity contribution in [1.82, 2.24) is 19.6 Å². The van der Waals surface area contributed by atoms with Crippen molar-refractivity contribution >= 4 is 63.9 Å². The zero-order chi connectivity index (χ0) is 51.0. The second-order valence-corrected chi connectivity index (χ2v) is 33.3. The smallest absolute Gasteiger partial charge is 0.237 e. The molecule has 13 nitrogen and oxygen atoms in total. The predicted octanol–water partition coefficient (Wildman–Crippen LogP) is 9.00. The van der Waals surface area contributed by atoms with Crippen LogP contribution < -0.4 is 0 Å². The van der Waals surface area contributed by atoms with Crippen LogP contribution >= 0.6 is 0 Å². The van der Waals surface area contributed by atoms with Gasteiger partial charge in [-0.3, -0.25) is 58.0 Å². The van der Waals surface area contributed by atoms with Crippen LogP contribution in [0.5, 0.6) is 0 Å². The standard InChI is InChI=1S/C57H76N4O9Si2/c1-7-8-27-71(3,4)70-72(5,6)28-13-26-59-48(62)32-44(53(59)65)42-31-47-51(41-17-12-10-15-39(41)42)57(69)61(55(47)67)37-24-20-35(21-25-37)29-34-18-22-36(23-19-34)60-49(63)33-45(54(60)66)43-30-46-50(56(68)58(2)52(46)64)40-16-11-9-14-38(40)43/h9-12,14-17,34-37,42-47,50-51H,7-8,13,18-33H2,1-6H3. The van der Waals surface area contributed by atoms with Crippen molar-refractivity contribution in [3.8, 4) is 0 Å². The Labute approximate surface area is 427 Å². The van der Waals surface area contributed by atoms with Crippen molar-refractivity contribution in [3.05, 3.63) is 70.8 Å². The maximum Gasteiger partial charge on any atom is 0.237 e. The van der Waals surface area contributed by atoms with Crippen LogP contribution in [0.25, 0.3) is 0 Å². The van der Waals surface area contributed by atoms with Crippen LogP contribution in [0.1, 0.15) is 156 Å². The molecule has 4 aliphatic carbocycles. The molecular weight excluding hydrogens is 941 g/mol. The molecule has 0 N–H and O–H groups in total. The highest BCUT2D eigenvalue weighted by atomic mass is 28.4. The van der Waals surface area contributed by atoms with Crippen molar-refractivity contribution in [2.24, 2.45) is 35.5 Å². The van der Waals surface area contributed by atoms with Gasteiger partial charge in [-0.1, -0.05) is 68.3 Å². The van der Waals surface area contributed by atoms with Gasteiger partial charge in [0.25, 0.3) is 0 Å². The van der Waals surface area contributed by atoms with Gasteiger partial charge in [0.1, 0.15) is 0 Å². The molecule has 0 aromatic heterocycles. The Balaban J connectivity index is 0.719. The first-order chi connectivity index (χ1) is 34.4. The first-order valence-electron chi connectivity index (χ1n) is 27.6. The lowest BCUT2D eigenvalue weighted by Crippen LogP contribution is -2.44. The molecule has 6 fully saturated rings. The Morgan fingerprint density at radius 1 is 0.500 bits per heavy atom. The molecule has 0 radical (unpaired) electrons. The third kappa shape index (κ3) is 9.23. The summed E-state index contributed by atoms with van der Waals surface area (Å²) < 4.78 is 6.80. The van der Waals surface area contributed by atoms with E-state index in [1.807, 2.05) is 48.5 Å². The Kier molecular flexibility index (Phi) is 14.1. The van der Waals surface area contributed by atoms with Crippen molar-refractivity contribution in [3.63, 3.8) is 0 Å². The van der Waals surface area contributed by atoms with Crippen molar-refractivity contribution < 1.29 is 42.5 Å². The van der Waals surface area contributed by atoms with Gasteiger partial charge in [0.2, 0.25) is 47.3 Å². The zero-order valence-corrected chi connectivity index (χ0v) is 45.4.